The average molecular weight is 296 g/mol. The summed E-state index contributed by atoms with van der Waals surface area (Å²) in [5.41, 5.74) is 0.546. The van der Waals surface area contributed by atoms with Crippen LogP contribution in [0.15, 0.2) is 24.3 Å². The molecule has 0 saturated heterocycles. The van der Waals surface area contributed by atoms with Crippen molar-refractivity contribution in [3.05, 3.63) is 39.9 Å². The second-order valence-corrected chi connectivity index (χ2v) is 6.36. The van der Waals surface area contributed by atoms with Gasteiger partial charge in [0.2, 0.25) is 0 Å². The van der Waals surface area contributed by atoms with Crippen LogP contribution in [-0.2, 0) is 19.2 Å². The van der Waals surface area contributed by atoms with E-state index in [1.165, 1.54) is 24.3 Å². The van der Waals surface area contributed by atoms with Gasteiger partial charge in [-0.1, -0.05) is 0 Å². The summed E-state index contributed by atoms with van der Waals surface area (Å²) in [4.78, 5) is 9.79. The number of rotatable bonds is 4. The van der Waals surface area contributed by atoms with E-state index in [4.69, 9.17) is 4.55 Å². The molecular weight excluding hydrogens is 289 g/mol. The van der Waals surface area contributed by atoms with Gasteiger partial charge in [0.1, 0.15) is 0 Å². The zero-order valence-electron chi connectivity index (χ0n) is 7.36. The van der Waals surface area contributed by atoms with Crippen molar-refractivity contribution in [3.63, 3.8) is 0 Å². The SMILES string of the molecule is O=[N+]([O-])c1ccc(COS(=O)(O)=[Se])cc1. The molecule has 0 spiro atoms. The first kappa shape index (κ1) is 12.3. The Morgan fingerprint density at radius 1 is 1.47 bits per heavy atom. The van der Waals surface area contributed by atoms with Gasteiger partial charge in [-0.25, -0.2) is 0 Å². The van der Waals surface area contributed by atoms with Gasteiger partial charge in [-0.3, -0.25) is 0 Å². The molecule has 1 aromatic carbocycles. The van der Waals surface area contributed by atoms with E-state index in [1.54, 1.807) is 0 Å². The molecule has 0 aromatic heterocycles. The van der Waals surface area contributed by atoms with Gasteiger partial charge in [-0.05, 0) is 0 Å². The molecule has 0 heterocycles. The van der Waals surface area contributed by atoms with Gasteiger partial charge in [-0.2, -0.15) is 0 Å². The van der Waals surface area contributed by atoms with Crippen molar-refractivity contribution in [3.8, 4) is 0 Å². The zero-order chi connectivity index (χ0) is 11.5. The van der Waals surface area contributed by atoms with E-state index in [0.717, 1.165) is 0 Å². The van der Waals surface area contributed by atoms with Crippen molar-refractivity contribution >= 4 is 28.5 Å². The van der Waals surface area contributed by atoms with Crippen molar-refractivity contribution in [2.24, 2.45) is 0 Å². The van der Waals surface area contributed by atoms with Gasteiger partial charge >= 0.3 is 92.9 Å². The van der Waals surface area contributed by atoms with Crippen LogP contribution in [0.2, 0.25) is 0 Å². The van der Waals surface area contributed by atoms with Gasteiger partial charge in [-0.15, -0.1) is 0 Å². The third kappa shape index (κ3) is 4.50. The molecule has 0 fully saturated rings. The molecule has 8 heteroatoms. The van der Waals surface area contributed by atoms with Crippen molar-refractivity contribution in [2.45, 2.75) is 6.61 Å². The first-order chi connectivity index (χ1) is 6.88. The van der Waals surface area contributed by atoms with E-state index >= 15 is 0 Å². The fourth-order valence-electron chi connectivity index (χ4n) is 0.856. The Labute approximate surface area is 93.1 Å². The number of nitro groups is 1. The molecule has 1 N–H and O–H groups in total. The molecule has 1 rings (SSSR count). The number of hydrogen-bond donors (Lipinski definition) is 1. The Hall–Kier alpha value is -0.791. The van der Waals surface area contributed by atoms with Crippen LogP contribution in [0.25, 0.3) is 0 Å². The quantitative estimate of drug-likeness (QED) is 0.506. The van der Waals surface area contributed by atoms with Crippen molar-refractivity contribution in [1.29, 1.82) is 0 Å². The van der Waals surface area contributed by atoms with Crippen LogP contribution in [0.4, 0.5) is 5.69 Å². The number of benzene rings is 1. The summed E-state index contributed by atoms with van der Waals surface area (Å²) >= 11 is 1.97. The van der Waals surface area contributed by atoms with E-state index in [0.29, 0.717) is 5.56 Å². The normalized spacial score (nSPS) is 14.5. The Bertz CT molecular complexity index is 455. The molecule has 82 valence electrons. The fraction of sp³-hybridized carbons (Fsp3) is 0.143. The molecule has 15 heavy (non-hydrogen) atoms. The summed E-state index contributed by atoms with van der Waals surface area (Å²) in [6.45, 7) is -0.0830. The van der Waals surface area contributed by atoms with Crippen LogP contribution in [0.1, 0.15) is 5.56 Å². The van der Waals surface area contributed by atoms with E-state index in [-0.39, 0.29) is 12.3 Å². The Morgan fingerprint density at radius 2 is 2.00 bits per heavy atom. The van der Waals surface area contributed by atoms with Gasteiger partial charge in [0, 0.05) is 0 Å². The number of nitro benzene ring substituents is 1. The summed E-state index contributed by atoms with van der Waals surface area (Å²) in [5, 5.41) is 10.3. The minimum atomic E-state index is -3.36. The number of hydrogen-bond acceptors (Lipinski definition) is 4. The number of non-ortho nitro benzene ring substituents is 1. The Kier molecular flexibility index (Phi) is 3.95. The summed E-state index contributed by atoms with van der Waals surface area (Å²) in [6, 6.07) is 5.53. The van der Waals surface area contributed by atoms with E-state index < -0.39 is 13.3 Å². The minimum absolute atomic E-state index is 0.0356. The van der Waals surface area contributed by atoms with Crippen molar-refractivity contribution in [2.75, 3.05) is 0 Å². The van der Waals surface area contributed by atoms with E-state index in [2.05, 4.69) is 4.18 Å². The van der Waals surface area contributed by atoms with Crippen molar-refractivity contribution in [1.82, 2.24) is 0 Å². The molecule has 0 radical (unpaired) electrons. The van der Waals surface area contributed by atoms with Gasteiger partial charge in [0.15, 0.2) is 0 Å². The topological polar surface area (TPSA) is 89.7 Å². The summed E-state index contributed by atoms with van der Waals surface area (Å²) in [5.74, 6) is 0. The molecular formula is C7H7NO5SSe. The third-order valence-electron chi connectivity index (χ3n) is 1.52. The predicted octanol–water partition coefficient (Wildman–Crippen LogP) is 0.867. The van der Waals surface area contributed by atoms with Crippen LogP contribution in [0.3, 0.4) is 0 Å². The average Bonchev–Trinajstić information content (AvgIpc) is 2.14. The summed E-state index contributed by atoms with van der Waals surface area (Å²) in [7, 11) is -3.36. The molecule has 1 aromatic rings. The molecule has 1 atom stereocenters. The Morgan fingerprint density at radius 3 is 2.40 bits per heavy atom. The van der Waals surface area contributed by atoms with Gasteiger partial charge in [0.05, 0.1) is 0 Å². The maximum atomic E-state index is 10.7. The standard InChI is InChI=1S/C7H7NO5SSe/c9-8(10)7-3-1-6(2-4-7)5-13-14(11,12)15/h1-4H,5H2,(H,11,12,15). The summed E-state index contributed by atoms with van der Waals surface area (Å²) < 4.78 is 24.0. The van der Waals surface area contributed by atoms with Crippen LogP contribution < -0.4 is 0 Å². The van der Waals surface area contributed by atoms with Crippen LogP contribution in [-0.4, -0.2) is 28.1 Å². The third-order valence-corrected chi connectivity index (χ3v) is 2.54. The molecule has 0 aliphatic carbocycles. The molecule has 1 unspecified atom stereocenters. The van der Waals surface area contributed by atoms with Crippen LogP contribution >= 0.6 is 0 Å². The molecule has 0 saturated carbocycles. The van der Waals surface area contributed by atoms with Gasteiger partial charge < -0.3 is 0 Å². The monoisotopic (exact) mass is 297 g/mol. The van der Waals surface area contributed by atoms with Gasteiger partial charge in [0.25, 0.3) is 0 Å². The maximum absolute atomic E-state index is 10.7. The molecule has 0 bridgehead atoms. The molecule has 6 nitrogen and oxygen atoms in total. The second-order valence-electron chi connectivity index (χ2n) is 2.61. The first-order valence-corrected chi connectivity index (χ1v) is 7.20. The van der Waals surface area contributed by atoms with E-state index in [9.17, 15) is 14.3 Å². The predicted molar refractivity (Wildman–Crippen MR) is 54.4 cm³/mol. The molecule has 0 aliphatic heterocycles. The van der Waals surface area contributed by atoms with Crippen molar-refractivity contribution < 1.29 is 17.9 Å². The van der Waals surface area contributed by atoms with Crippen LogP contribution in [0, 0.1) is 10.1 Å². The number of nitrogens with zero attached hydrogens (tertiary/aromatic N) is 1. The second kappa shape index (κ2) is 4.82. The van der Waals surface area contributed by atoms with E-state index in [1.807, 2.05) is 14.4 Å². The Balaban J connectivity index is 2.69. The zero-order valence-corrected chi connectivity index (χ0v) is 9.89. The first-order valence-electron chi connectivity index (χ1n) is 3.73. The van der Waals surface area contributed by atoms with Crippen LogP contribution in [0.5, 0.6) is 0 Å². The summed E-state index contributed by atoms with van der Waals surface area (Å²) in [6.07, 6.45) is 0. The molecule has 0 amide bonds. The fourth-order valence-corrected chi connectivity index (χ4v) is 1.44. The molecule has 0 aliphatic rings.